The van der Waals surface area contributed by atoms with Crippen LogP contribution in [0.2, 0.25) is 0 Å². The fourth-order valence-electron chi connectivity index (χ4n) is 1.53. The molecule has 0 atom stereocenters. The minimum atomic E-state index is -0.271. The third-order valence-corrected chi connectivity index (χ3v) is 2.40. The van der Waals surface area contributed by atoms with Crippen LogP contribution in [0, 0.1) is 24.4 Å². The molecule has 1 heterocycles. The van der Waals surface area contributed by atoms with Crippen molar-refractivity contribution in [3.63, 3.8) is 0 Å². The van der Waals surface area contributed by atoms with E-state index in [1.165, 1.54) is 12.1 Å². The van der Waals surface area contributed by atoms with E-state index < -0.39 is 0 Å². The summed E-state index contributed by atoms with van der Waals surface area (Å²) < 4.78 is 15.4. The number of H-pyrrole nitrogens is 1. The number of rotatable bonds is 1. The lowest BCUT2D eigenvalue weighted by atomic mass is 10.2. The van der Waals surface area contributed by atoms with Crippen LogP contribution in [-0.4, -0.2) is 14.8 Å². The van der Waals surface area contributed by atoms with Gasteiger partial charge in [0, 0.05) is 0 Å². The van der Waals surface area contributed by atoms with Crippen molar-refractivity contribution in [3.8, 4) is 5.69 Å². The molecule has 1 aromatic carbocycles. The summed E-state index contributed by atoms with van der Waals surface area (Å²) in [5.74, 6) is 0.442. The Bertz CT molecular complexity index is 536. The van der Waals surface area contributed by atoms with Gasteiger partial charge in [0.25, 0.3) is 0 Å². The smallest absolute Gasteiger partial charge is 0.199 e. The highest BCUT2D eigenvalue weighted by Crippen LogP contribution is 2.14. The Morgan fingerprint density at radius 3 is 2.60 bits per heavy atom. The van der Waals surface area contributed by atoms with Crippen molar-refractivity contribution in [1.82, 2.24) is 14.8 Å². The lowest BCUT2D eigenvalue weighted by Gasteiger charge is -2.05. The van der Waals surface area contributed by atoms with Gasteiger partial charge in [-0.1, -0.05) is 0 Å². The first kappa shape index (κ1) is 10.0. The SMILES string of the molecule is Cc1cc(F)cc(-n2c(C)n[nH]c2=S)c1. The van der Waals surface area contributed by atoms with Gasteiger partial charge in [-0.2, -0.15) is 5.10 Å². The Labute approximate surface area is 91.6 Å². The maximum absolute atomic E-state index is 13.2. The maximum atomic E-state index is 13.2. The van der Waals surface area contributed by atoms with Gasteiger partial charge in [0.2, 0.25) is 0 Å². The van der Waals surface area contributed by atoms with E-state index in [0.717, 1.165) is 5.56 Å². The second-order valence-corrected chi connectivity index (χ2v) is 3.78. The van der Waals surface area contributed by atoms with Gasteiger partial charge in [-0.15, -0.1) is 0 Å². The van der Waals surface area contributed by atoms with Crippen LogP contribution in [0.25, 0.3) is 5.69 Å². The number of benzene rings is 1. The van der Waals surface area contributed by atoms with Crippen molar-refractivity contribution in [2.45, 2.75) is 13.8 Å². The van der Waals surface area contributed by atoms with Crippen molar-refractivity contribution < 1.29 is 4.39 Å². The second kappa shape index (κ2) is 3.58. The van der Waals surface area contributed by atoms with Crippen molar-refractivity contribution in [3.05, 3.63) is 40.2 Å². The third kappa shape index (κ3) is 1.83. The number of nitrogens with one attached hydrogen (secondary N) is 1. The Hall–Kier alpha value is -1.49. The molecule has 0 radical (unpaired) electrons. The van der Waals surface area contributed by atoms with Crippen molar-refractivity contribution in [1.29, 1.82) is 0 Å². The Balaban J connectivity index is 2.69. The molecule has 15 heavy (non-hydrogen) atoms. The molecule has 0 unspecified atom stereocenters. The van der Waals surface area contributed by atoms with E-state index in [2.05, 4.69) is 10.2 Å². The minimum Gasteiger partial charge on any atom is -0.272 e. The molecule has 0 aliphatic carbocycles. The van der Waals surface area contributed by atoms with Crippen molar-refractivity contribution in [2.24, 2.45) is 0 Å². The molecule has 78 valence electrons. The van der Waals surface area contributed by atoms with E-state index in [1.54, 1.807) is 4.57 Å². The quantitative estimate of drug-likeness (QED) is 0.754. The van der Waals surface area contributed by atoms with Gasteiger partial charge in [0.05, 0.1) is 5.69 Å². The molecule has 1 N–H and O–H groups in total. The highest BCUT2D eigenvalue weighted by molar-refractivity contribution is 7.71. The van der Waals surface area contributed by atoms with Gasteiger partial charge >= 0.3 is 0 Å². The molecule has 3 nitrogen and oxygen atoms in total. The van der Waals surface area contributed by atoms with Crippen LogP contribution < -0.4 is 0 Å². The number of halogens is 1. The van der Waals surface area contributed by atoms with E-state index >= 15 is 0 Å². The maximum Gasteiger partial charge on any atom is 0.199 e. The highest BCUT2D eigenvalue weighted by atomic mass is 32.1. The molecule has 0 fully saturated rings. The molecule has 1 aromatic heterocycles. The number of nitrogens with zero attached hydrogens (tertiary/aromatic N) is 2. The fourth-order valence-corrected chi connectivity index (χ4v) is 1.81. The van der Waals surface area contributed by atoms with Gasteiger partial charge in [0.1, 0.15) is 11.6 Å². The van der Waals surface area contributed by atoms with E-state index in [-0.39, 0.29) is 5.82 Å². The van der Waals surface area contributed by atoms with E-state index in [0.29, 0.717) is 16.3 Å². The summed E-state index contributed by atoms with van der Waals surface area (Å²) in [6, 6.07) is 4.77. The number of aromatic amines is 1. The molecule has 0 aliphatic rings. The van der Waals surface area contributed by atoms with Gasteiger partial charge < -0.3 is 0 Å². The topological polar surface area (TPSA) is 33.6 Å². The molecule has 2 rings (SSSR count). The van der Waals surface area contributed by atoms with Crippen LogP contribution >= 0.6 is 12.2 Å². The first-order valence-electron chi connectivity index (χ1n) is 4.49. The molecule has 2 aromatic rings. The van der Waals surface area contributed by atoms with Crippen molar-refractivity contribution in [2.75, 3.05) is 0 Å². The Morgan fingerprint density at radius 1 is 1.33 bits per heavy atom. The fraction of sp³-hybridized carbons (Fsp3) is 0.200. The van der Waals surface area contributed by atoms with E-state index in [9.17, 15) is 4.39 Å². The van der Waals surface area contributed by atoms with Gasteiger partial charge in [0.15, 0.2) is 4.77 Å². The first-order valence-corrected chi connectivity index (χ1v) is 4.90. The number of hydrogen-bond donors (Lipinski definition) is 1. The lowest BCUT2D eigenvalue weighted by molar-refractivity contribution is 0.625. The summed E-state index contributed by atoms with van der Waals surface area (Å²) in [4.78, 5) is 0. The summed E-state index contributed by atoms with van der Waals surface area (Å²) >= 11 is 5.06. The Morgan fingerprint density at radius 2 is 2.07 bits per heavy atom. The normalized spacial score (nSPS) is 10.6. The molecule has 0 spiro atoms. The largest absolute Gasteiger partial charge is 0.272 e. The van der Waals surface area contributed by atoms with E-state index in [1.807, 2.05) is 19.9 Å². The molecular formula is C10H10FN3S. The first-order chi connectivity index (χ1) is 7.08. The van der Waals surface area contributed by atoms with Crippen LogP contribution in [0.3, 0.4) is 0 Å². The molecular weight excluding hydrogens is 213 g/mol. The summed E-state index contributed by atoms with van der Waals surface area (Å²) in [5, 5.41) is 6.64. The second-order valence-electron chi connectivity index (χ2n) is 3.40. The summed E-state index contributed by atoms with van der Waals surface area (Å²) in [5.41, 5.74) is 1.55. The molecule has 0 bridgehead atoms. The van der Waals surface area contributed by atoms with Crippen LogP contribution in [0.1, 0.15) is 11.4 Å². The molecule has 0 saturated heterocycles. The van der Waals surface area contributed by atoms with E-state index in [4.69, 9.17) is 12.2 Å². The highest BCUT2D eigenvalue weighted by Gasteiger charge is 2.05. The average Bonchev–Trinajstić information content (AvgIpc) is 2.44. The standard InChI is InChI=1S/C10H10FN3S/c1-6-3-8(11)5-9(4-6)14-7(2)12-13-10(14)15/h3-5H,1-2H3,(H,13,15). The zero-order valence-corrected chi connectivity index (χ0v) is 9.23. The predicted molar refractivity (Wildman–Crippen MR) is 58.2 cm³/mol. The summed E-state index contributed by atoms with van der Waals surface area (Å²) in [6.45, 7) is 3.65. The third-order valence-electron chi connectivity index (χ3n) is 2.13. The monoisotopic (exact) mass is 223 g/mol. The zero-order valence-electron chi connectivity index (χ0n) is 8.41. The average molecular weight is 223 g/mol. The summed E-state index contributed by atoms with van der Waals surface area (Å²) in [7, 11) is 0. The lowest BCUT2D eigenvalue weighted by Crippen LogP contribution is -1.98. The van der Waals surface area contributed by atoms with Gasteiger partial charge in [-0.25, -0.2) is 4.39 Å². The summed E-state index contributed by atoms with van der Waals surface area (Å²) in [6.07, 6.45) is 0. The van der Waals surface area contributed by atoms with Crippen LogP contribution in [0.4, 0.5) is 4.39 Å². The van der Waals surface area contributed by atoms with Crippen molar-refractivity contribution >= 4 is 12.2 Å². The number of aromatic nitrogens is 3. The number of aryl methyl sites for hydroxylation is 2. The predicted octanol–water partition coefficient (Wildman–Crippen LogP) is 2.69. The van der Waals surface area contributed by atoms with Crippen LogP contribution in [0.15, 0.2) is 18.2 Å². The minimum absolute atomic E-state index is 0.271. The van der Waals surface area contributed by atoms with Crippen LogP contribution in [0.5, 0.6) is 0 Å². The molecule has 5 heteroatoms. The van der Waals surface area contributed by atoms with Crippen LogP contribution in [-0.2, 0) is 0 Å². The van der Waals surface area contributed by atoms with Gasteiger partial charge in [-0.05, 0) is 49.8 Å². The molecule has 0 saturated carbocycles. The molecule has 0 aliphatic heterocycles. The molecule has 0 amide bonds. The number of hydrogen-bond acceptors (Lipinski definition) is 2. The zero-order chi connectivity index (χ0) is 11.0. The Kier molecular flexibility index (Phi) is 2.40. The van der Waals surface area contributed by atoms with Gasteiger partial charge in [-0.3, -0.25) is 9.67 Å².